The smallest absolute Gasteiger partial charge is 0.248 e. The molecule has 10 nitrogen and oxygen atoms in total. The molecule has 3 rings (SSSR count). The van der Waals surface area contributed by atoms with Crippen molar-refractivity contribution in [3.8, 4) is 11.6 Å². The number of rotatable bonds is 6. The van der Waals surface area contributed by atoms with Crippen LogP contribution in [0.4, 0.5) is 0 Å². The van der Waals surface area contributed by atoms with Gasteiger partial charge in [-0.15, -0.1) is 5.10 Å². The highest BCUT2D eigenvalue weighted by molar-refractivity contribution is 5.81. The third-order valence-electron chi connectivity index (χ3n) is 4.60. The van der Waals surface area contributed by atoms with E-state index in [1.165, 1.54) is 22.0 Å². The molecule has 3 heterocycles. The van der Waals surface area contributed by atoms with Crippen molar-refractivity contribution in [3.63, 3.8) is 0 Å². The van der Waals surface area contributed by atoms with Crippen LogP contribution < -0.4 is 5.32 Å². The summed E-state index contributed by atoms with van der Waals surface area (Å²) in [4.78, 5) is 18.8. The highest BCUT2D eigenvalue weighted by atomic mass is 16.3. The quantitative estimate of drug-likeness (QED) is 0.592. The molecule has 4 unspecified atom stereocenters. The number of likely N-dealkylation sites (tertiary alicyclic amines) is 1. The topological polar surface area (TPSA) is 130 Å². The number of hydrogen-bond acceptors (Lipinski definition) is 8. The van der Waals surface area contributed by atoms with Gasteiger partial charge in [-0.2, -0.15) is 0 Å². The van der Waals surface area contributed by atoms with Crippen LogP contribution in [0.25, 0.3) is 11.6 Å². The largest absolute Gasteiger partial charge is 0.443 e. The summed E-state index contributed by atoms with van der Waals surface area (Å²) in [5.74, 6) is 0.0257. The summed E-state index contributed by atoms with van der Waals surface area (Å²) < 4.78 is 6.70. The molecule has 0 radical (unpaired) electrons. The number of hydrogen-bond donors (Lipinski definition) is 3. The molecule has 0 aliphatic carbocycles. The minimum Gasteiger partial charge on any atom is -0.443 e. The number of aliphatic hydroxyl groups excluding tert-OH is 2. The number of aromatic nitrogens is 4. The number of likely N-dealkylation sites (N-methyl/N-ethyl adjacent to an activating group) is 1. The lowest BCUT2D eigenvalue weighted by molar-refractivity contribution is -0.140. The normalized spacial score (nSPS) is 22.8. The molecule has 3 N–H and O–H groups in total. The van der Waals surface area contributed by atoms with Crippen LogP contribution >= 0.6 is 0 Å². The van der Waals surface area contributed by atoms with Crippen molar-refractivity contribution in [1.82, 2.24) is 30.2 Å². The van der Waals surface area contributed by atoms with E-state index in [2.05, 4.69) is 20.6 Å². The maximum atomic E-state index is 13.2. The van der Waals surface area contributed by atoms with Crippen molar-refractivity contribution in [2.75, 3.05) is 13.6 Å². The van der Waals surface area contributed by atoms with Crippen molar-refractivity contribution in [2.24, 2.45) is 5.92 Å². The number of amides is 1. The van der Waals surface area contributed by atoms with E-state index in [9.17, 15) is 15.0 Å². The summed E-state index contributed by atoms with van der Waals surface area (Å²) in [6.07, 6.45) is 3.30. The highest BCUT2D eigenvalue weighted by Crippen LogP contribution is 2.28. The minimum absolute atomic E-state index is 0.0771. The van der Waals surface area contributed by atoms with Gasteiger partial charge in [-0.25, -0.2) is 9.67 Å². The molecular weight excluding hydrogens is 340 g/mol. The molecule has 1 fully saturated rings. The zero-order chi connectivity index (χ0) is 18.8. The van der Waals surface area contributed by atoms with Gasteiger partial charge >= 0.3 is 0 Å². The lowest BCUT2D eigenvalue weighted by Gasteiger charge is -2.32. The zero-order valence-electron chi connectivity index (χ0n) is 15.0. The average Bonchev–Trinajstić information content (AvgIpc) is 3.33. The molecule has 0 saturated carbocycles. The Balaban J connectivity index is 1.87. The Morgan fingerprint density at radius 3 is 2.85 bits per heavy atom. The van der Waals surface area contributed by atoms with Gasteiger partial charge in [0.1, 0.15) is 18.5 Å². The maximum absolute atomic E-state index is 13.2. The first kappa shape index (κ1) is 18.5. The molecule has 0 aromatic carbocycles. The van der Waals surface area contributed by atoms with Crippen LogP contribution in [-0.4, -0.2) is 73.0 Å². The van der Waals surface area contributed by atoms with Crippen molar-refractivity contribution in [1.29, 1.82) is 0 Å². The van der Waals surface area contributed by atoms with Crippen LogP contribution in [-0.2, 0) is 4.79 Å². The molecule has 10 heteroatoms. The van der Waals surface area contributed by atoms with Crippen LogP contribution in [0.3, 0.4) is 0 Å². The van der Waals surface area contributed by atoms with Gasteiger partial charge < -0.3 is 19.5 Å². The molecule has 1 aliphatic rings. The van der Waals surface area contributed by atoms with Crippen molar-refractivity contribution >= 4 is 5.91 Å². The average molecular weight is 364 g/mol. The van der Waals surface area contributed by atoms with Crippen LogP contribution in [0.1, 0.15) is 26.3 Å². The highest BCUT2D eigenvalue weighted by Gasteiger charge is 2.42. The predicted molar refractivity (Wildman–Crippen MR) is 90.6 cm³/mol. The second kappa shape index (κ2) is 7.52. The standard InChI is InChI=1S/C16H24N6O4/c1-9(2)13(22-8-11(19-20-22)15-18-4-5-26-15)16(25)21-7-10(23)6-12(21)14(24)17-3/h4-5,8-10,12-14,17,23-24H,6-7H2,1-3H3. The molecule has 2 aromatic heterocycles. The minimum atomic E-state index is -0.914. The van der Waals surface area contributed by atoms with E-state index in [0.29, 0.717) is 18.0 Å². The van der Waals surface area contributed by atoms with Crippen LogP contribution in [0, 0.1) is 5.92 Å². The van der Waals surface area contributed by atoms with Crippen molar-refractivity contribution < 1.29 is 19.4 Å². The number of nitrogens with zero attached hydrogens (tertiary/aromatic N) is 5. The van der Waals surface area contributed by atoms with Gasteiger partial charge in [0.25, 0.3) is 0 Å². The Bertz CT molecular complexity index is 731. The lowest BCUT2D eigenvalue weighted by atomic mass is 10.0. The van der Waals surface area contributed by atoms with E-state index >= 15 is 0 Å². The summed E-state index contributed by atoms with van der Waals surface area (Å²) in [6.45, 7) is 3.99. The third kappa shape index (κ3) is 3.48. The summed E-state index contributed by atoms with van der Waals surface area (Å²) >= 11 is 0. The number of oxazole rings is 1. The van der Waals surface area contributed by atoms with Crippen LogP contribution in [0.5, 0.6) is 0 Å². The van der Waals surface area contributed by atoms with Gasteiger partial charge in [0.15, 0.2) is 5.69 Å². The molecule has 1 saturated heterocycles. The van der Waals surface area contributed by atoms with Gasteiger partial charge in [0, 0.05) is 6.54 Å². The summed E-state index contributed by atoms with van der Waals surface area (Å²) in [6, 6.07) is -1.12. The lowest BCUT2D eigenvalue weighted by Crippen LogP contribution is -2.50. The number of carbonyl (C=O) groups is 1. The maximum Gasteiger partial charge on any atom is 0.248 e. The predicted octanol–water partition coefficient (Wildman–Crippen LogP) is -0.370. The molecule has 1 amide bonds. The summed E-state index contributed by atoms with van der Waals surface area (Å²) in [7, 11) is 1.61. The fraction of sp³-hybridized carbons (Fsp3) is 0.625. The number of nitrogens with one attached hydrogen (secondary N) is 1. The monoisotopic (exact) mass is 364 g/mol. The molecule has 2 aromatic rings. The van der Waals surface area contributed by atoms with E-state index in [1.54, 1.807) is 13.2 Å². The molecule has 1 aliphatic heterocycles. The van der Waals surface area contributed by atoms with E-state index in [1.807, 2.05) is 13.8 Å². The first-order valence-electron chi connectivity index (χ1n) is 8.58. The van der Waals surface area contributed by atoms with Crippen molar-refractivity contribution in [2.45, 2.75) is 44.7 Å². The van der Waals surface area contributed by atoms with Gasteiger partial charge in [-0.1, -0.05) is 19.1 Å². The molecule has 4 atom stereocenters. The Morgan fingerprint density at radius 1 is 1.46 bits per heavy atom. The van der Waals surface area contributed by atoms with Gasteiger partial charge in [-0.05, 0) is 19.4 Å². The molecular formula is C16H24N6O4. The summed E-state index contributed by atoms with van der Waals surface area (Å²) in [5, 5.41) is 31.0. The molecule has 26 heavy (non-hydrogen) atoms. The third-order valence-corrected chi connectivity index (χ3v) is 4.60. The Morgan fingerprint density at radius 2 is 2.23 bits per heavy atom. The van der Waals surface area contributed by atoms with E-state index in [-0.39, 0.29) is 18.4 Å². The second-order valence-electron chi connectivity index (χ2n) is 6.79. The fourth-order valence-corrected chi connectivity index (χ4v) is 3.32. The second-order valence-corrected chi connectivity index (χ2v) is 6.79. The summed E-state index contributed by atoms with van der Waals surface area (Å²) in [5.41, 5.74) is 0.432. The molecule has 142 valence electrons. The van der Waals surface area contributed by atoms with E-state index < -0.39 is 24.4 Å². The SMILES string of the molecule is CNC(O)C1CC(O)CN1C(=O)C(C(C)C)n1cc(-c2ncco2)nn1. The number of aliphatic hydroxyl groups is 2. The Hall–Kier alpha value is -2.30. The van der Waals surface area contributed by atoms with E-state index in [4.69, 9.17) is 4.42 Å². The van der Waals surface area contributed by atoms with Crippen LogP contribution in [0.15, 0.2) is 23.1 Å². The van der Waals surface area contributed by atoms with Gasteiger partial charge in [-0.3, -0.25) is 10.1 Å². The Labute approximate surface area is 150 Å². The van der Waals surface area contributed by atoms with Gasteiger partial charge in [0.05, 0.1) is 24.5 Å². The fourth-order valence-electron chi connectivity index (χ4n) is 3.32. The van der Waals surface area contributed by atoms with Crippen LogP contribution in [0.2, 0.25) is 0 Å². The number of β-amino-alcohol motifs (C(OH)–C–C–N with tert-alkyl or cyclic N) is 1. The molecule has 0 bridgehead atoms. The number of carbonyl (C=O) groups excluding carboxylic acids is 1. The molecule has 0 spiro atoms. The van der Waals surface area contributed by atoms with Crippen molar-refractivity contribution in [3.05, 3.63) is 18.7 Å². The first-order valence-corrected chi connectivity index (χ1v) is 8.58. The van der Waals surface area contributed by atoms with Gasteiger partial charge in [0.2, 0.25) is 11.8 Å². The first-order chi connectivity index (χ1) is 12.4. The zero-order valence-corrected chi connectivity index (χ0v) is 15.0. The van der Waals surface area contributed by atoms with E-state index in [0.717, 1.165) is 0 Å². The Kier molecular flexibility index (Phi) is 5.35.